The van der Waals surface area contributed by atoms with Crippen LogP contribution in [0.15, 0.2) is 48.5 Å². The van der Waals surface area contributed by atoms with Crippen LogP contribution in [0.1, 0.15) is 18.4 Å². The number of nitrogens with one attached hydrogen (secondary N) is 2. The third-order valence-corrected chi connectivity index (χ3v) is 4.73. The van der Waals surface area contributed by atoms with Crippen molar-refractivity contribution < 1.29 is 22.8 Å². The highest BCUT2D eigenvalue weighted by Crippen LogP contribution is 2.47. The van der Waals surface area contributed by atoms with Crippen LogP contribution in [0.25, 0.3) is 0 Å². The van der Waals surface area contributed by atoms with E-state index in [-0.39, 0.29) is 5.69 Å². The van der Waals surface area contributed by atoms with Crippen molar-refractivity contribution in [3.05, 3.63) is 54.1 Å². The van der Waals surface area contributed by atoms with Gasteiger partial charge in [0.25, 0.3) is 0 Å². The highest BCUT2D eigenvalue weighted by Gasteiger charge is 2.56. The van der Waals surface area contributed by atoms with Gasteiger partial charge in [0, 0.05) is 31.2 Å². The molecular weight excluding hydrogens is 371 g/mol. The highest BCUT2D eigenvalue weighted by atomic mass is 19.4. The van der Waals surface area contributed by atoms with Crippen LogP contribution < -0.4 is 15.5 Å². The molecule has 2 aromatic carbocycles. The normalized spacial score (nSPS) is 14.9. The number of hydrogen-bond acceptors (Lipinski definition) is 3. The Balaban J connectivity index is 1.65. The lowest BCUT2D eigenvalue weighted by Gasteiger charge is -2.17. The lowest BCUT2D eigenvalue weighted by atomic mass is 10.0. The van der Waals surface area contributed by atoms with E-state index in [0.717, 1.165) is 17.8 Å². The molecule has 0 saturated heterocycles. The molecule has 0 spiro atoms. The van der Waals surface area contributed by atoms with Crippen LogP contribution in [-0.4, -0.2) is 25.9 Å². The molecule has 0 aliphatic heterocycles. The van der Waals surface area contributed by atoms with Crippen LogP contribution in [-0.2, 0) is 15.8 Å². The molecule has 1 fully saturated rings. The second-order valence-corrected chi connectivity index (χ2v) is 7.01. The largest absolute Gasteiger partial charge is 0.416 e. The van der Waals surface area contributed by atoms with Crippen LogP contribution >= 0.6 is 0 Å². The summed E-state index contributed by atoms with van der Waals surface area (Å²) in [4.78, 5) is 27.1. The Bertz CT molecular complexity index is 871. The molecule has 148 valence electrons. The summed E-state index contributed by atoms with van der Waals surface area (Å²) in [6.45, 7) is 0. The fourth-order valence-corrected chi connectivity index (χ4v) is 2.77. The smallest absolute Gasteiger partial charge is 0.378 e. The lowest BCUT2D eigenvalue weighted by Crippen LogP contribution is -2.35. The number of nitrogens with zero attached hydrogens (tertiary/aromatic N) is 1. The summed E-state index contributed by atoms with van der Waals surface area (Å²) in [5.41, 5.74) is -0.232. The standard InChI is InChI=1S/C20H20F3N3O2/c1-26(2)16-9-7-15(8-10-16)25-18(28)19(11-12-19)17(27)24-14-5-3-13(4-6-14)20(21,22)23/h3-10H,11-12H2,1-2H3,(H,24,27)(H,25,28). The van der Waals surface area contributed by atoms with Crippen molar-refractivity contribution >= 4 is 28.9 Å². The minimum Gasteiger partial charge on any atom is -0.378 e. The van der Waals surface area contributed by atoms with Gasteiger partial charge in [-0.3, -0.25) is 9.59 Å². The first-order valence-electron chi connectivity index (χ1n) is 8.69. The molecule has 1 aliphatic carbocycles. The second-order valence-electron chi connectivity index (χ2n) is 7.01. The van der Waals surface area contributed by atoms with Gasteiger partial charge in [0.05, 0.1) is 5.56 Å². The van der Waals surface area contributed by atoms with Gasteiger partial charge in [0.1, 0.15) is 5.41 Å². The Hall–Kier alpha value is -3.03. The van der Waals surface area contributed by atoms with E-state index in [4.69, 9.17) is 0 Å². The van der Waals surface area contributed by atoms with Gasteiger partial charge in [-0.05, 0) is 61.4 Å². The van der Waals surface area contributed by atoms with Gasteiger partial charge in [-0.25, -0.2) is 0 Å². The zero-order valence-corrected chi connectivity index (χ0v) is 15.4. The van der Waals surface area contributed by atoms with E-state index < -0.39 is 29.0 Å². The van der Waals surface area contributed by atoms with E-state index in [1.807, 2.05) is 31.1 Å². The molecule has 1 saturated carbocycles. The van der Waals surface area contributed by atoms with Gasteiger partial charge in [0.2, 0.25) is 11.8 Å². The van der Waals surface area contributed by atoms with Gasteiger partial charge >= 0.3 is 6.18 Å². The summed E-state index contributed by atoms with van der Waals surface area (Å²) in [5.74, 6) is -0.941. The number of benzene rings is 2. The summed E-state index contributed by atoms with van der Waals surface area (Å²) < 4.78 is 37.9. The first-order valence-corrected chi connectivity index (χ1v) is 8.69. The van der Waals surface area contributed by atoms with Crippen LogP contribution in [0, 0.1) is 5.41 Å². The zero-order chi connectivity index (χ0) is 20.5. The van der Waals surface area contributed by atoms with Crippen molar-refractivity contribution in [3.8, 4) is 0 Å². The molecule has 0 bridgehead atoms. The van der Waals surface area contributed by atoms with Crippen molar-refractivity contribution in [2.45, 2.75) is 19.0 Å². The van der Waals surface area contributed by atoms with Crippen molar-refractivity contribution in [2.24, 2.45) is 5.41 Å². The number of halogens is 3. The average Bonchev–Trinajstić information content (AvgIpc) is 3.44. The van der Waals surface area contributed by atoms with Crippen LogP contribution in [0.5, 0.6) is 0 Å². The predicted molar refractivity (Wildman–Crippen MR) is 101 cm³/mol. The molecule has 0 radical (unpaired) electrons. The van der Waals surface area contributed by atoms with Gasteiger partial charge in [0.15, 0.2) is 0 Å². The maximum Gasteiger partial charge on any atom is 0.416 e. The molecule has 0 heterocycles. The second kappa shape index (κ2) is 7.18. The van der Waals surface area contributed by atoms with Crippen molar-refractivity contribution in [3.63, 3.8) is 0 Å². The maximum absolute atomic E-state index is 12.6. The molecule has 28 heavy (non-hydrogen) atoms. The fraction of sp³-hybridized carbons (Fsp3) is 0.300. The first kappa shape index (κ1) is 19.7. The molecule has 5 nitrogen and oxygen atoms in total. The van der Waals surface area contributed by atoms with Gasteiger partial charge in [-0.15, -0.1) is 0 Å². The molecule has 0 unspecified atom stereocenters. The van der Waals surface area contributed by atoms with E-state index in [2.05, 4.69) is 10.6 Å². The summed E-state index contributed by atoms with van der Waals surface area (Å²) >= 11 is 0. The fourth-order valence-electron chi connectivity index (χ4n) is 2.77. The summed E-state index contributed by atoms with van der Waals surface area (Å²) in [5, 5.41) is 5.28. The van der Waals surface area contributed by atoms with Crippen LogP contribution in [0.2, 0.25) is 0 Å². The summed E-state index contributed by atoms with van der Waals surface area (Å²) in [6.07, 6.45) is -3.66. The number of alkyl halides is 3. The SMILES string of the molecule is CN(C)c1ccc(NC(=O)C2(C(=O)Nc3ccc(C(F)(F)F)cc3)CC2)cc1. The van der Waals surface area contributed by atoms with Crippen LogP contribution in [0.3, 0.4) is 0 Å². The average molecular weight is 391 g/mol. The Labute approximate surface area is 160 Å². The van der Waals surface area contributed by atoms with Gasteiger partial charge in [-0.1, -0.05) is 0 Å². The maximum atomic E-state index is 12.6. The van der Waals surface area contributed by atoms with E-state index >= 15 is 0 Å². The Morgan fingerprint density at radius 3 is 1.64 bits per heavy atom. The molecule has 1 aliphatic rings. The summed E-state index contributed by atoms with van der Waals surface area (Å²) in [7, 11) is 3.80. The topological polar surface area (TPSA) is 61.4 Å². The molecule has 0 aromatic heterocycles. The van der Waals surface area contributed by atoms with E-state index in [9.17, 15) is 22.8 Å². The summed E-state index contributed by atoms with van der Waals surface area (Å²) in [6, 6.07) is 11.3. The Morgan fingerprint density at radius 2 is 1.29 bits per heavy atom. The molecule has 0 atom stereocenters. The number of rotatable bonds is 5. The van der Waals surface area contributed by atoms with Crippen molar-refractivity contribution in [1.82, 2.24) is 0 Å². The molecule has 2 N–H and O–H groups in total. The first-order chi connectivity index (χ1) is 13.1. The van der Waals surface area contributed by atoms with E-state index in [0.29, 0.717) is 18.5 Å². The van der Waals surface area contributed by atoms with Crippen molar-refractivity contribution in [1.29, 1.82) is 0 Å². The number of anilines is 3. The number of amides is 2. The monoisotopic (exact) mass is 391 g/mol. The number of hydrogen-bond donors (Lipinski definition) is 2. The third-order valence-electron chi connectivity index (χ3n) is 4.73. The zero-order valence-electron chi connectivity index (χ0n) is 15.4. The van der Waals surface area contributed by atoms with Gasteiger partial charge < -0.3 is 15.5 Å². The van der Waals surface area contributed by atoms with Crippen LogP contribution in [0.4, 0.5) is 30.2 Å². The molecule has 2 aromatic rings. The Morgan fingerprint density at radius 1 is 0.857 bits per heavy atom. The Kier molecular flexibility index (Phi) is 5.06. The van der Waals surface area contributed by atoms with Gasteiger partial charge in [-0.2, -0.15) is 13.2 Å². The van der Waals surface area contributed by atoms with E-state index in [1.54, 1.807) is 12.1 Å². The minimum atomic E-state index is -4.44. The lowest BCUT2D eigenvalue weighted by molar-refractivity contribution is -0.137. The molecular formula is C20H20F3N3O2. The van der Waals surface area contributed by atoms with E-state index in [1.165, 1.54) is 12.1 Å². The molecule has 2 amide bonds. The number of carbonyl (C=O) groups excluding carboxylic acids is 2. The minimum absolute atomic E-state index is 0.215. The third kappa shape index (κ3) is 4.11. The molecule has 3 rings (SSSR count). The highest BCUT2D eigenvalue weighted by molar-refractivity contribution is 6.16. The van der Waals surface area contributed by atoms with Crippen molar-refractivity contribution in [2.75, 3.05) is 29.6 Å². The molecule has 8 heteroatoms. The quantitative estimate of drug-likeness (QED) is 0.754. The predicted octanol–water partition coefficient (Wildman–Crippen LogP) is 4.13. The number of carbonyl (C=O) groups is 2.